The van der Waals surface area contributed by atoms with Crippen molar-refractivity contribution in [2.75, 3.05) is 20.7 Å². The molecule has 1 aliphatic carbocycles. The van der Waals surface area contributed by atoms with Gasteiger partial charge in [0.05, 0.1) is 12.7 Å². The van der Waals surface area contributed by atoms with Crippen molar-refractivity contribution in [1.82, 2.24) is 4.90 Å². The van der Waals surface area contributed by atoms with E-state index in [0.29, 0.717) is 19.4 Å². The summed E-state index contributed by atoms with van der Waals surface area (Å²) in [5, 5.41) is 10.3. The Bertz CT molecular complexity index is 463. The summed E-state index contributed by atoms with van der Waals surface area (Å²) in [7, 11) is 3.42. The summed E-state index contributed by atoms with van der Waals surface area (Å²) in [6.07, 6.45) is 4.92. The molecule has 0 heterocycles. The van der Waals surface area contributed by atoms with Gasteiger partial charge in [-0.3, -0.25) is 4.79 Å². The second kappa shape index (κ2) is 6.94. The number of nitrogens with zero attached hydrogens (tertiary/aromatic N) is 1. The van der Waals surface area contributed by atoms with E-state index in [-0.39, 0.29) is 5.91 Å². The minimum absolute atomic E-state index is 0.0890. The maximum Gasteiger partial charge on any atom is 0.222 e. The van der Waals surface area contributed by atoms with Crippen molar-refractivity contribution in [1.29, 1.82) is 0 Å². The van der Waals surface area contributed by atoms with Gasteiger partial charge < -0.3 is 14.7 Å². The van der Waals surface area contributed by atoms with Gasteiger partial charge in [-0.1, -0.05) is 25.0 Å². The monoisotopic (exact) mass is 291 g/mol. The molecule has 0 radical (unpaired) electrons. The van der Waals surface area contributed by atoms with Crippen LogP contribution in [0.1, 0.15) is 37.7 Å². The van der Waals surface area contributed by atoms with Crippen LogP contribution >= 0.6 is 0 Å². The Hall–Kier alpha value is -1.55. The first-order valence-electron chi connectivity index (χ1n) is 7.62. The highest BCUT2D eigenvalue weighted by Gasteiger charge is 2.33. The number of ether oxygens (including phenoxy) is 1. The Morgan fingerprint density at radius 1 is 1.29 bits per heavy atom. The van der Waals surface area contributed by atoms with Gasteiger partial charge in [0.15, 0.2) is 0 Å². The van der Waals surface area contributed by atoms with Crippen molar-refractivity contribution in [2.24, 2.45) is 0 Å². The van der Waals surface area contributed by atoms with E-state index in [1.54, 1.807) is 19.1 Å². The fourth-order valence-corrected chi connectivity index (χ4v) is 2.96. The highest BCUT2D eigenvalue weighted by atomic mass is 16.5. The van der Waals surface area contributed by atoms with E-state index in [1.165, 1.54) is 0 Å². The number of aryl methyl sites for hydroxylation is 1. The minimum atomic E-state index is -0.662. The minimum Gasteiger partial charge on any atom is -0.497 e. The van der Waals surface area contributed by atoms with Gasteiger partial charge in [0.2, 0.25) is 5.91 Å². The molecule has 0 aromatic heterocycles. The summed E-state index contributed by atoms with van der Waals surface area (Å²) in [5.74, 6) is 0.914. The van der Waals surface area contributed by atoms with E-state index in [4.69, 9.17) is 4.74 Å². The van der Waals surface area contributed by atoms with E-state index in [1.807, 2.05) is 24.3 Å². The van der Waals surface area contributed by atoms with E-state index < -0.39 is 5.60 Å². The molecular formula is C17H25NO3. The first-order valence-corrected chi connectivity index (χ1v) is 7.62. The Balaban J connectivity index is 1.80. The molecule has 21 heavy (non-hydrogen) atoms. The lowest BCUT2D eigenvalue weighted by Gasteiger charge is -2.28. The summed E-state index contributed by atoms with van der Waals surface area (Å²) >= 11 is 0. The van der Waals surface area contributed by atoms with Crippen LogP contribution in [0.15, 0.2) is 24.3 Å². The number of hydrogen-bond donors (Lipinski definition) is 1. The van der Waals surface area contributed by atoms with Crippen LogP contribution in [0.25, 0.3) is 0 Å². The molecule has 1 aromatic rings. The SMILES string of the molecule is COc1ccc(CCC(=O)N(C)CC2(O)CCCC2)cc1. The quantitative estimate of drug-likeness (QED) is 0.875. The third-order valence-electron chi connectivity index (χ3n) is 4.28. The molecule has 1 amide bonds. The van der Waals surface area contributed by atoms with Crippen LogP contribution in [0.2, 0.25) is 0 Å². The van der Waals surface area contributed by atoms with Gasteiger partial charge in [-0.25, -0.2) is 0 Å². The maximum absolute atomic E-state index is 12.2. The normalized spacial score (nSPS) is 16.7. The molecule has 0 bridgehead atoms. The van der Waals surface area contributed by atoms with Crippen LogP contribution in [-0.4, -0.2) is 42.2 Å². The van der Waals surface area contributed by atoms with E-state index in [0.717, 1.165) is 37.0 Å². The molecular weight excluding hydrogens is 266 g/mol. The number of hydrogen-bond acceptors (Lipinski definition) is 3. The van der Waals surface area contributed by atoms with Gasteiger partial charge in [-0.2, -0.15) is 0 Å². The number of likely N-dealkylation sites (N-methyl/N-ethyl adjacent to an activating group) is 1. The smallest absolute Gasteiger partial charge is 0.222 e. The van der Waals surface area contributed by atoms with Gasteiger partial charge in [-0.15, -0.1) is 0 Å². The first-order chi connectivity index (χ1) is 10.0. The number of benzene rings is 1. The zero-order valence-corrected chi connectivity index (χ0v) is 13.0. The van der Waals surface area contributed by atoms with Gasteiger partial charge in [0, 0.05) is 20.0 Å². The summed E-state index contributed by atoms with van der Waals surface area (Å²) in [6.45, 7) is 0.453. The number of methoxy groups -OCH3 is 1. The number of carbonyl (C=O) groups is 1. The van der Waals surface area contributed by atoms with Crippen molar-refractivity contribution in [3.8, 4) is 5.75 Å². The molecule has 0 spiro atoms. The molecule has 116 valence electrons. The molecule has 0 saturated heterocycles. The molecule has 1 aromatic carbocycles. The predicted molar refractivity (Wildman–Crippen MR) is 82.4 cm³/mol. The molecule has 0 aliphatic heterocycles. The highest BCUT2D eigenvalue weighted by Crippen LogP contribution is 2.30. The summed E-state index contributed by atoms with van der Waals surface area (Å²) < 4.78 is 5.12. The summed E-state index contributed by atoms with van der Waals surface area (Å²) in [5.41, 5.74) is 0.460. The summed E-state index contributed by atoms with van der Waals surface area (Å²) in [4.78, 5) is 13.8. The lowest BCUT2D eigenvalue weighted by Crippen LogP contribution is -2.42. The third-order valence-corrected chi connectivity index (χ3v) is 4.28. The molecule has 2 rings (SSSR count). The van der Waals surface area contributed by atoms with Crippen LogP contribution in [0, 0.1) is 0 Å². The number of carbonyl (C=O) groups excluding carboxylic acids is 1. The Labute approximate surface area is 126 Å². The van der Waals surface area contributed by atoms with Crippen LogP contribution < -0.4 is 4.74 Å². The highest BCUT2D eigenvalue weighted by molar-refractivity contribution is 5.76. The molecule has 0 atom stereocenters. The van der Waals surface area contributed by atoms with Crippen LogP contribution in [0.5, 0.6) is 5.75 Å². The first kappa shape index (κ1) is 15.8. The Kier molecular flexibility index (Phi) is 5.23. The molecule has 1 N–H and O–H groups in total. The standard InChI is InChI=1S/C17H25NO3/c1-18(13-17(20)11-3-4-12-17)16(19)10-7-14-5-8-15(21-2)9-6-14/h5-6,8-9,20H,3-4,7,10-13H2,1-2H3. The molecule has 4 nitrogen and oxygen atoms in total. The van der Waals surface area contributed by atoms with Gasteiger partial charge >= 0.3 is 0 Å². The largest absolute Gasteiger partial charge is 0.497 e. The van der Waals surface area contributed by atoms with Crippen LogP contribution in [-0.2, 0) is 11.2 Å². The molecule has 1 saturated carbocycles. The van der Waals surface area contributed by atoms with Crippen LogP contribution in [0.3, 0.4) is 0 Å². The van der Waals surface area contributed by atoms with E-state index in [9.17, 15) is 9.90 Å². The fourth-order valence-electron chi connectivity index (χ4n) is 2.96. The third kappa shape index (κ3) is 4.46. The molecule has 4 heteroatoms. The summed E-state index contributed by atoms with van der Waals surface area (Å²) in [6, 6.07) is 7.78. The van der Waals surface area contributed by atoms with Gasteiger partial charge in [0.1, 0.15) is 5.75 Å². The van der Waals surface area contributed by atoms with Crippen LogP contribution in [0.4, 0.5) is 0 Å². The lowest BCUT2D eigenvalue weighted by atomic mass is 10.0. The van der Waals surface area contributed by atoms with Gasteiger partial charge in [-0.05, 0) is 37.0 Å². The second-order valence-electron chi connectivity index (χ2n) is 6.03. The molecule has 0 unspecified atom stereocenters. The van der Waals surface area contributed by atoms with Crippen molar-refractivity contribution >= 4 is 5.91 Å². The predicted octanol–water partition coefficient (Wildman–Crippen LogP) is 2.39. The Morgan fingerprint density at radius 2 is 1.90 bits per heavy atom. The molecule has 1 aliphatic rings. The number of rotatable bonds is 6. The maximum atomic E-state index is 12.2. The average molecular weight is 291 g/mol. The fraction of sp³-hybridized carbons (Fsp3) is 0.588. The number of aliphatic hydroxyl groups is 1. The van der Waals surface area contributed by atoms with Crippen molar-refractivity contribution < 1.29 is 14.6 Å². The van der Waals surface area contributed by atoms with Crippen molar-refractivity contribution in [3.05, 3.63) is 29.8 Å². The topological polar surface area (TPSA) is 49.8 Å². The average Bonchev–Trinajstić information content (AvgIpc) is 2.91. The zero-order chi connectivity index (χ0) is 15.3. The second-order valence-corrected chi connectivity index (χ2v) is 6.03. The van der Waals surface area contributed by atoms with Crippen molar-refractivity contribution in [2.45, 2.75) is 44.1 Å². The van der Waals surface area contributed by atoms with Gasteiger partial charge in [0.25, 0.3) is 0 Å². The van der Waals surface area contributed by atoms with Crippen molar-refractivity contribution in [3.63, 3.8) is 0 Å². The zero-order valence-electron chi connectivity index (χ0n) is 13.0. The Morgan fingerprint density at radius 3 is 2.48 bits per heavy atom. The lowest BCUT2D eigenvalue weighted by molar-refractivity contribution is -0.133. The number of amides is 1. The molecule has 1 fully saturated rings. The van der Waals surface area contributed by atoms with E-state index in [2.05, 4.69) is 0 Å². The van der Waals surface area contributed by atoms with E-state index >= 15 is 0 Å².